The lowest BCUT2D eigenvalue weighted by atomic mass is 10.1. The van der Waals surface area contributed by atoms with Crippen LogP contribution in [0.3, 0.4) is 0 Å². The number of benzene rings is 1. The second kappa shape index (κ2) is 4.82. The summed E-state index contributed by atoms with van der Waals surface area (Å²) < 4.78 is 5.28. The summed E-state index contributed by atoms with van der Waals surface area (Å²) >= 11 is 0. The van der Waals surface area contributed by atoms with Gasteiger partial charge in [-0.05, 0) is 30.7 Å². The molecule has 2 rings (SSSR count). The number of methoxy groups -OCH3 is 1. The molecule has 0 amide bonds. The first-order valence-electron chi connectivity index (χ1n) is 5.93. The number of hydrogen-bond donors (Lipinski definition) is 1. The summed E-state index contributed by atoms with van der Waals surface area (Å²) in [5.74, 6) is 0.840. The van der Waals surface area contributed by atoms with Gasteiger partial charge >= 0.3 is 0 Å². The van der Waals surface area contributed by atoms with Gasteiger partial charge in [-0.15, -0.1) is 0 Å². The van der Waals surface area contributed by atoms with Crippen LogP contribution in [0.2, 0.25) is 0 Å². The van der Waals surface area contributed by atoms with Crippen LogP contribution >= 0.6 is 0 Å². The van der Waals surface area contributed by atoms with E-state index in [1.54, 1.807) is 7.11 Å². The molecule has 0 aliphatic carbocycles. The molecule has 0 atom stereocenters. The van der Waals surface area contributed by atoms with E-state index in [9.17, 15) is 0 Å². The number of rotatable bonds is 3. The van der Waals surface area contributed by atoms with Crippen LogP contribution in [0, 0.1) is 6.92 Å². The SMILES string of the molecule is COc1ccc2nc(CN)c(C)c(N(C)C)c2c1. The van der Waals surface area contributed by atoms with Crippen molar-refractivity contribution in [3.63, 3.8) is 0 Å². The molecule has 4 nitrogen and oxygen atoms in total. The molecule has 1 aromatic carbocycles. The van der Waals surface area contributed by atoms with Gasteiger partial charge in [0.2, 0.25) is 0 Å². The number of hydrogen-bond acceptors (Lipinski definition) is 4. The first-order valence-corrected chi connectivity index (χ1v) is 5.93. The fraction of sp³-hybridized carbons (Fsp3) is 0.357. The topological polar surface area (TPSA) is 51.4 Å². The monoisotopic (exact) mass is 245 g/mol. The normalized spacial score (nSPS) is 10.7. The van der Waals surface area contributed by atoms with Gasteiger partial charge in [-0.2, -0.15) is 0 Å². The van der Waals surface area contributed by atoms with Crippen molar-refractivity contribution < 1.29 is 4.74 Å². The van der Waals surface area contributed by atoms with Crippen LogP contribution in [0.4, 0.5) is 5.69 Å². The third kappa shape index (κ3) is 1.99. The highest BCUT2D eigenvalue weighted by molar-refractivity contribution is 5.94. The smallest absolute Gasteiger partial charge is 0.119 e. The van der Waals surface area contributed by atoms with Gasteiger partial charge in [-0.1, -0.05) is 0 Å². The minimum Gasteiger partial charge on any atom is -0.497 e. The molecule has 96 valence electrons. The zero-order chi connectivity index (χ0) is 13.3. The van der Waals surface area contributed by atoms with Crippen molar-refractivity contribution in [2.75, 3.05) is 26.1 Å². The van der Waals surface area contributed by atoms with E-state index in [2.05, 4.69) is 16.8 Å². The van der Waals surface area contributed by atoms with Crippen molar-refractivity contribution in [3.05, 3.63) is 29.5 Å². The lowest BCUT2D eigenvalue weighted by molar-refractivity contribution is 0.415. The molecule has 0 aliphatic rings. The van der Waals surface area contributed by atoms with E-state index in [-0.39, 0.29) is 0 Å². The molecule has 0 bridgehead atoms. The van der Waals surface area contributed by atoms with E-state index < -0.39 is 0 Å². The molecule has 18 heavy (non-hydrogen) atoms. The number of anilines is 1. The average molecular weight is 245 g/mol. The van der Waals surface area contributed by atoms with E-state index in [0.717, 1.165) is 33.6 Å². The average Bonchev–Trinajstić information content (AvgIpc) is 2.36. The van der Waals surface area contributed by atoms with Crippen LogP contribution in [0.15, 0.2) is 18.2 Å². The first kappa shape index (κ1) is 12.6. The fourth-order valence-corrected chi connectivity index (χ4v) is 2.27. The van der Waals surface area contributed by atoms with Crippen molar-refractivity contribution in [2.45, 2.75) is 13.5 Å². The Morgan fingerprint density at radius 1 is 1.33 bits per heavy atom. The van der Waals surface area contributed by atoms with Gasteiger partial charge in [0.25, 0.3) is 0 Å². The van der Waals surface area contributed by atoms with Gasteiger partial charge in [0.1, 0.15) is 5.75 Å². The van der Waals surface area contributed by atoms with Crippen LogP contribution < -0.4 is 15.4 Å². The number of ether oxygens (including phenoxy) is 1. The maximum atomic E-state index is 5.76. The molecule has 4 heteroatoms. The number of nitrogens with two attached hydrogens (primary N) is 1. The minimum atomic E-state index is 0.453. The molecule has 2 aromatic rings. The molecule has 0 saturated heterocycles. The standard InChI is InChI=1S/C14H19N3O/c1-9-13(8-15)16-12-6-5-10(18-4)7-11(12)14(9)17(2)3/h5-7H,8,15H2,1-4H3. The first-order chi connectivity index (χ1) is 8.58. The van der Waals surface area contributed by atoms with E-state index in [1.165, 1.54) is 0 Å². The fourth-order valence-electron chi connectivity index (χ4n) is 2.27. The van der Waals surface area contributed by atoms with E-state index >= 15 is 0 Å². The summed E-state index contributed by atoms with van der Waals surface area (Å²) in [6, 6.07) is 5.91. The molecule has 0 spiro atoms. The number of aromatic nitrogens is 1. The third-order valence-corrected chi connectivity index (χ3v) is 3.14. The Labute approximate surface area is 107 Å². The van der Waals surface area contributed by atoms with Gasteiger partial charge in [-0.25, -0.2) is 0 Å². The lowest BCUT2D eigenvalue weighted by Crippen LogP contribution is -2.14. The molecule has 0 fully saturated rings. The molecule has 1 aromatic heterocycles. The van der Waals surface area contributed by atoms with Gasteiger partial charge in [0.15, 0.2) is 0 Å². The number of nitrogens with zero attached hydrogens (tertiary/aromatic N) is 2. The zero-order valence-electron chi connectivity index (χ0n) is 11.3. The second-order valence-corrected chi connectivity index (χ2v) is 4.51. The Morgan fingerprint density at radius 3 is 2.61 bits per heavy atom. The van der Waals surface area contributed by atoms with Crippen molar-refractivity contribution >= 4 is 16.6 Å². The second-order valence-electron chi connectivity index (χ2n) is 4.51. The Hall–Kier alpha value is -1.81. The van der Waals surface area contributed by atoms with E-state index in [1.807, 2.05) is 32.3 Å². The van der Waals surface area contributed by atoms with Crippen molar-refractivity contribution in [2.24, 2.45) is 5.73 Å². The quantitative estimate of drug-likeness (QED) is 0.899. The number of fused-ring (bicyclic) bond motifs is 1. The van der Waals surface area contributed by atoms with Crippen LogP contribution in [0.25, 0.3) is 10.9 Å². The highest BCUT2D eigenvalue weighted by Crippen LogP contribution is 2.32. The Bertz CT molecular complexity index is 579. The number of pyridine rings is 1. The van der Waals surface area contributed by atoms with E-state index in [0.29, 0.717) is 6.54 Å². The molecular formula is C14H19N3O. The summed E-state index contributed by atoms with van der Waals surface area (Å²) in [5, 5.41) is 1.09. The van der Waals surface area contributed by atoms with Gasteiger partial charge in [0, 0.05) is 26.0 Å². The van der Waals surface area contributed by atoms with Crippen molar-refractivity contribution in [1.82, 2.24) is 4.98 Å². The predicted molar refractivity (Wildman–Crippen MR) is 75.3 cm³/mol. The molecule has 1 heterocycles. The lowest BCUT2D eigenvalue weighted by Gasteiger charge is -2.20. The molecular weight excluding hydrogens is 226 g/mol. The van der Waals surface area contributed by atoms with Crippen LogP contribution in [-0.4, -0.2) is 26.2 Å². The molecule has 0 radical (unpaired) electrons. The maximum Gasteiger partial charge on any atom is 0.119 e. The highest BCUT2D eigenvalue weighted by Gasteiger charge is 2.13. The molecule has 2 N–H and O–H groups in total. The maximum absolute atomic E-state index is 5.76. The zero-order valence-corrected chi connectivity index (χ0v) is 11.3. The molecule has 0 aliphatic heterocycles. The van der Waals surface area contributed by atoms with Crippen LogP contribution in [-0.2, 0) is 6.54 Å². The molecule has 0 unspecified atom stereocenters. The third-order valence-electron chi connectivity index (χ3n) is 3.14. The highest BCUT2D eigenvalue weighted by atomic mass is 16.5. The summed E-state index contributed by atoms with van der Waals surface area (Å²) in [6.07, 6.45) is 0. The van der Waals surface area contributed by atoms with Crippen LogP contribution in [0.5, 0.6) is 5.75 Å². The minimum absolute atomic E-state index is 0.453. The van der Waals surface area contributed by atoms with Crippen molar-refractivity contribution in [3.8, 4) is 5.75 Å². The summed E-state index contributed by atoms with van der Waals surface area (Å²) in [6.45, 7) is 2.51. The van der Waals surface area contributed by atoms with Gasteiger partial charge in [0.05, 0.1) is 24.0 Å². The van der Waals surface area contributed by atoms with Gasteiger partial charge < -0.3 is 15.4 Å². The largest absolute Gasteiger partial charge is 0.497 e. The summed E-state index contributed by atoms with van der Waals surface area (Å²) in [4.78, 5) is 6.70. The van der Waals surface area contributed by atoms with E-state index in [4.69, 9.17) is 10.5 Å². The van der Waals surface area contributed by atoms with Gasteiger partial charge in [-0.3, -0.25) is 4.98 Å². The van der Waals surface area contributed by atoms with Crippen LogP contribution in [0.1, 0.15) is 11.3 Å². The molecule has 0 saturated carbocycles. The summed E-state index contributed by atoms with van der Waals surface area (Å²) in [7, 11) is 5.73. The predicted octanol–water partition coefficient (Wildman–Crippen LogP) is 2.08. The Morgan fingerprint density at radius 2 is 2.06 bits per heavy atom. The Kier molecular flexibility index (Phi) is 3.39. The van der Waals surface area contributed by atoms with Crippen molar-refractivity contribution in [1.29, 1.82) is 0 Å². The Balaban J connectivity index is 2.83. The summed E-state index contributed by atoms with van der Waals surface area (Å²) in [5.41, 5.74) is 9.93.